The molecule has 4 rings (SSSR count). The molecule has 28 heavy (non-hydrogen) atoms. The Kier molecular flexibility index (Phi) is 4.86. The van der Waals surface area contributed by atoms with Crippen LogP contribution in [0.2, 0.25) is 0 Å². The molecule has 144 valence electrons. The lowest BCUT2D eigenvalue weighted by Crippen LogP contribution is -2.48. The summed E-state index contributed by atoms with van der Waals surface area (Å²) < 4.78 is 5.91. The molecule has 2 aromatic rings. The average molecular weight is 378 g/mol. The number of nitrogens with two attached hydrogens (primary N) is 1. The zero-order valence-electron chi connectivity index (χ0n) is 15.4. The molecule has 6 heteroatoms. The van der Waals surface area contributed by atoms with Crippen LogP contribution in [0.3, 0.4) is 0 Å². The topological polar surface area (TPSA) is 89.7 Å². The van der Waals surface area contributed by atoms with Gasteiger partial charge in [-0.25, -0.2) is 4.79 Å². The van der Waals surface area contributed by atoms with E-state index in [9.17, 15) is 14.4 Å². The van der Waals surface area contributed by atoms with E-state index >= 15 is 0 Å². The van der Waals surface area contributed by atoms with Gasteiger partial charge in [0.2, 0.25) is 0 Å². The van der Waals surface area contributed by atoms with Gasteiger partial charge < -0.3 is 15.4 Å². The normalized spacial score (nSPS) is 23.9. The van der Waals surface area contributed by atoms with Crippen molar-refractivity contribution in [3.05, 3.63) is 71.3 Å². The Morgan fingerprint density at radius 3 is 2.50 bits per heavy atom. The summed E-state index contributed by atoms with van der Waals surface area (Å²) in [6.07, 6.45) is 0.290. The summed E-state index contributed by atoms with van der Waals surface area (Å²) in [5.41, 5.74) is 7.80. The number of rotatable bonds is 3. The number of esters is 1. The molecule has 6 nitrogen and oxygen atoms in total. The molecule has 0 saturated carbocycles. The van der Waals surface area contributed by atoms with Crippen LogP contribution in [0, 0.1) is 0 Å². The van der Waals surface area contributed by atoms with Crippen molar-refractivity contribution in [2.24, 2.45) is 5.73 Å². The van der Waals surface area contributed by atoms with Crippen LogP contribution in [0.1, 0.15) is 46.2 Å². The first-order valence-electron chi connectivity index (χ1n) is 9.46. The molecule has 0 bridgehead atoms. The van der Waals surface area contributed by atoms with E-state index < -0.39 is 11.9 Å². The summed E-state index contributed by atoms with van der Waals surface area (Å²) in [6, 6.07) is 16.4. The number of Topliss-reactive ketones (excluding diaryl/α,β-unsaturated/α-hetero) is 1. The van der Waals surface area contributed by atoms with Crippen LogP contribution < -0.4 is 5.73 Å². The number of hydrogen-bond donors (Lipinski definition) is 1. The molecule has 2 aromatic carbocycles. The lowest BCUT2D eigenvalue weighted by Gasteiger charge is -2.38. The maximum atomic E-state index is 12.9. The van der Waals surface area contributed by atoms with Gasteiger partial charge in [-0.15, -0.1) is 0 Å². The van der Waals surface area contributed by atoms with Crippen LogP contribution in [-0.4, -0.2) is 41.9 Å². The van der Waals surface area contributed by atoms with Crippen molar-refractivity contribution < 1.29 is 19.1 Å². The third kappa shape index (κ3) is 3.38. The quantitative estimate of drug-likeness (QED) is 0.832. The monoisotopic (exact) mass is 378 g/mol. The minimum atomic E-state index is -0.561. The number of likely N-dealkylation sites (tertiary alicyclic amines) is 1. The molecular weight excluding hydrogens is 356 g/mol. The highest BCUT2D eigenvalue weighted by Gasteiger charge is 2.39. The Balaban J connectivity index is 1.55. The number of piperidine rings is 1. The van der Waals surface area contributed by atoms with Crippen LogP contribution >= 0.6 is 0 Å². The van der Waals surface area contributed by atoms with Crippen molar-refractivity contribution >= 4 is 17.8 Å². The van der Waals surface area contributed by atoms with Gasteiger partial charge in [0.15, 0.2) is 5.78 Å². The van der Waals surface area contributed by atoms with E-state index in [4.69, 9.17) is 10.5 Å². The molecule has 2 aliphatic rings. The van der Waals surface area contributed by atoms with Gasteiger partial charge in [-0.1, -0.05) is 54.6 Å². The largest absolute Gasteiger partial charge is 0.461 e. The third-order valence-corrected chi connectivity index (χ3v) is 5.67. The fourth-order valence-corrected chi connectivity index (χ4v) is 4.19. The molecule has 1 aliphatic heterocycles. The van der Waals surface area contributed by atoms with E-state index in [1.54, 1.807) is 17.0 Å². The van der Waals surface area contributed by atoms with Gasteiger partial charge in [-0.05, 0) is 11.1 Å². The second kappa shape index (κ2) is 7.46. The molecular formula is C22H22N2O4. The van der Waals surface area contributed by atoms with Crippen molar-refractivity contribution in [1.29, 1.82) is 0 Å². The molecule has 2 amide bonds. The zero-order chi connectivity index (χ0) is 19.7. The van der Waals surface area contributed by atoms with Gasteiger partial charge >= 0.3 is 12.0 Å². The second-order valence-corrected chi connectivity index (χ2v) is 7.33. The fraction of sp³-hybridized carbons (Fsp3) is 0.318. The van der Waals surface area contributed by atoms with Crippen molar-refractivity contribution in [2.45, 2.75) is 30.8 Å². The number of nitrogens with zero attached hydrogens (tertiary/aromatic N) is 1. The summed E-state index contributed by atoms with van der Waals surface area (Å²) in [7, 11) is 0. The van der Waals surface area contributed by atoms with Gasteiger partial charge in [-0.3, -0.25) is 9.59 Å². The molecule has 0 aromatic heterocycles. The van der Waals surface area contributed by atoms with Crippen molar-refractivity contribution in [3.8, 4) is 0 Å². The molecule has 1 heterocycles. The number of hydrogen-bond acceptors (Lipinski definition) is 4. The lowest BCUT2D eigenvalue weighted by atomic mass is 9.87. The molecule has 1 fully saturated rings. The van der Waals surface area contributed by atoms with Crippen molar-refractivity contribution in [1.82, 2.24) is 4.90 Å². The number of amides is 2. The van der Waals surface area contributed by atoms with Gasteiger partial charge in [-0.2, -0.15) is 0 Å². The average Bonchev–Trinajstić information content (AvgIpc) is 3.06. The van der Waals surface area contributed by atoms with Crippen molar-refractivity contribution in [2.75, 3.05) is 13.1 Å². The van der Waals surface area contributed by atoms with E-state index in [0.717, 1.165) is 11.1 Å². The number of ether oxygens (including phenoxy) is 1. The van der Waals surface area contributed by atoms with E-state index in [1.165, 1.54) is 0 Å². The van der Waals surface area contributed by atoms with E-state index in [0.29, 0.717) is 25.1 Å². The van der Waals surface area contributed by atoms with Crippen LogP contribution in [0.15, 0.2) is 54.6 Å². The first-order valence-corrected chi connectivity index (χ1v) is 9.46. The Morgan fingerprint density at radius 2 is 1.75 bits per heavy atom. The first kappa shape index (κ1) is 18.2. The number of urea groups is 1. The van der Waals surface area contributed by atoms with Crippen LogP contribution in [0.25, 0.3) is 0 Å². The smallest absolute Gasteiger partial charge is 0.314 e. The molecule has 1 aliphatic carbocycles. The van der Waals surface area contributed by atoms with Gasteiger partial charge in [0.05, 0.1) is 5.92 Å². The van der Waals surface area contributed by atoms with Crippen LogP contribution in [0.5, 0.6) is 0 Å². The van der Waals surface area contributed by atoms with Crippen LogP contribution in [0.4, 0.5) is 4.79 Å². The van der Waals surface area contributed by atoms with Gasteiger partial charge in [0, 0.05) is 37.4 Å². The number of ketones is 1. The predicted octanol–water partition coefficient (Wildman–Crippen LogP) is 2.84. The SMILES string of the molecule is NC(=O)N1CCC(OC(=O)C2CC(=O)c3ccccc32)C(c2ccccc2)C1. The fourth-order valence-electron chi connectivity index (χ4n) is 4.19. The number of carbonyl (C=O) groups excluding carboxylic acids is 3. The highest BCUT2D eigenvalue weighted by atomic mass is 16.5. The minimum absolute atomic E-state index is 0.0271. The molecule has 1 saturated heterocycles. The molecule has 2 N–H and O–H groups in total. The Bertz CT molecular complexity index is 912. The maximum absolute atomic E-state index is 12.9. The third-order valence-electron chi connectivity index (χ3n) is 5.67. The zero-order valence-corrected chi connectivity index (χ0v) is 15.4. The summed E-state index contributed by atoms with van der Waals surface area (Å²) in [6.45, 7) is 0.842. The number of benzene rings is 2. The maximum Gasteiger partial charge on any atom is 0.314 e. The summed E-state index contributed by atoms with van der Waals surface area (Å²) in [5.74, 6) is -1.12. The Labute approximate surface area is 163 Å². The minimum Gasteiger partial charge on any atom is -0.461 e. The van der Waals surface area contributed by atoms with E-state index in [2.05, 4.69) is 0 Å². The highest BCUT2D eigenvalue weighted by Crippen LogP contribution is 2.36. The molecule has 0 spiro atoms. The number of primary amides is 1. The van der Waals surface area contributed by atoms with E-state index in [1.807, 2.05) is 42.5 Å². The molecule has 3 atom stereocenters. The molecule has 3 unspecified atom stereocenters. The Hall–Kier alpha value is -3.15. The number of fused-ring (bicyclic) bond motifs is 1. The summed E-state index contributed by atoms with van der Waals surface area (Å²) in [4.78, 5) is 38.4. The van der Waals surface area contributed by atoms with Crippen molar-refractivity contribution in [3.63, 3.8) is 0 Å². The Morgan fingerprint density at radius 1 is 1.04 bits per heavy atom. The molecule has 0 radical (unpaired) electrons. The summed E-state index contributed by atoms with van der Waals surface area (Å²) in [5, 5.41) is 0. The summed E-state index contributed by atoms with van der Waals surface area (Å²) >= 11 is 0. The highest BCUT2D eigenvalue weighted by molar-refractivity contribution is 6.05. The van der Waals surface area contributed by atoms with E-state index in [-0.39, 0.29) is 30.2 Å². The number of carbonyl (C=O) groups is 3. The van der Waals surface area contributed by atoms with Gasteiger partial charge in [0.1, 0.15) is 6.10 Å². The standard InChI is InChI=1S/C22H22N2O4/c23-22(27)24-11-10-20(18(13-24)14-6-2-1-3-7-14)28-21(26)17-12-19(25)16-9-5-4-8-15(16)17/h1-9,17-18,20H,10-13H2,(H2,23,27). The second-order valence-electron chi connectivity index (χ2n) is 7.33. The first-order chi connectivity index (χ1) is 13.5. The van der Waals surface area contributed by atoms with Crippen LogP contribution in [-0.2, 0) is 9.53 Å². The van der Waals surface area contributed by atoms with Gasteiger partial charge in [0.25, 0.3) is 0 Å². The predicted molar refractivity (Wildman–Crippen MR) is 103 cm³/mol. The lowest BCUT2D eigenvalue weighted by molar-refractivity contribution is -0.153.